The summed E-state index contributed by atoms with van der Waals surface area (Å²) in [6.07, 6.45) is 10.9. The smallest absolute Gasteiger partial charge is 0.276 e. The fourth-order valence-electron chi connectivity index (χ4n) is 3.22. The van der Waals surface area contributed by atoms with Crippen molar-refractivity contribution in [2.24, 2.45) is 4.99 Å². The lowest BCUT2D eigenvalue weighted by Gasteiger charge is -2.13. The second kappa shape index (κ2) is 10.2. The molecule has 2 aromatic heterocycles. The van der Waals surface area contributed by atoms with Gasteiger partial charge in [0.05, 0.1) is 29.7 Å². The van der Waals surface area contributed by atoms with E-state index in [9.17, 15) is 9.59 Å². The Balaban J connectivity index is 2.72. The zero-order valence-corrected chi connectivity index (χ0v) is 17.0. The Morgan fingerprint density at radius 2 is 1.90 bits per heavy atom. The van der Waals surface area contributed by atoms with E-state index in [0.29, 0.717) is 35.3 Å². The van der Waals surface area contributed by atoms with Gasteiger partial charge in [0.2, 0.25) is 0 Å². The molecule has 1 N–H and O–H groups in total. The zero-order chi connectivity index (χ0) is 21.4. The number of aromatic nitrogens is 3. The molecule has 0 amide bonds. The number of aryl methyl sites for hydroxylation is 1. The van der Waals surface area contributed by atoms with Gasteiger partial charge in [-0.05, 0) is 31.2 Å². The number of rotatable bonds is 11. The lowest BCUT2D eigenvalue weighted by molar-refractivity contribution is 0.664. The van der Waals surface area contributed by atoms with Crippen LogP contribution < -0.4 is 11.1 Å². The number of aliphatic imine (C=N–C) groups is 1. The normalized spacial score (nSPS) is 12.2. The van der Waals surface area contributed by atoms with Crippen molar-refractivity contribution in [1.82, 2.24) is 14.3 Å². The van der Waals surface area contributed by atoms with Crippen LogP contribution in [0, 0.1) is 0 Å². The molecule has 0 aliphatic carbocycles. The summed E-state index contributed by atoms with van der Waals surface area (Å²) in [5.74, 6) is 0. The fourth-order valence-corrected chi connectivity index (χ4v) is 3.22. The third kappa shape index (κ3) is 4.90. The number of aromatic amines is 1. The summed E-state index contributed by atoms with van der Waals surface area (Å²) in [5, 5.41) is 3.60. The quantitative estimate of drug-likeness (QED) is 0.465. The molecule has 0 saturated carbocycles. The summed E-state index contributed by atoms with van der Waals surface area (Å²) < 4.78 is 3.10. The molecule has 2 rings (SSSR count). The van der Waals surface area contributed by atoms with Gasteiger partial charge in [-0.2, -0.15) is 0 Å². The van der Waals surface area contributed by atoms with E-state index in [-0.39, 0.29) is 17.7 Å². The van der Waals surface area contributed by atoms with E-state index in [4.69, 9.17) is 0 Å². The predicted molar refractivity (Wildman–Crippen MR) is 122 cm³/mol. The van der Waals surface area contributed by atoms with E-state index < -0.39 is 0 Å². The minimum atomic E-state index is -0.193. The molecule has 6 heteroatoms. The number of fused-ring (bicyclic) bond motifs is 1. The van der Waals surface area contributed by atoms with Crippen molar-refractivity contribution in [3.05, 3.63) is 93.9 Å². The summed E-state index contributed by atoms with van der Waals surface area (Å²) >= 11 is 0. The van der Waals surface area contributed by atoms with Gasteiger partial charge in [-0.1, -0.05) is 57.4 Å². The summed E-state index contributed by atoms with van der Waals surface area (Å²) in [6.45, 7) is 17.3. The number of nitrogens with zero attached hydrogens (tertiary/aromatic N) is 3. The number of H-pyrrole nitrogens is 1. The minimum Gasteiger partial charge on any atom is -0.306 e. The number of hydrogen-bond donors (Lipinski definition) is 1. The first-order valence-electron chi connectivity index (χ1n) is 9.58. The van der Waals surface area contributed by atoms with Gasteiger partial charge in [-0.15, -0.1) is 0 Å². The van der Waals surface area contributed by atoms with Crippen molar-refractivity contribution in [3.8, 4) is 0 Å². The van der Waals surface area contributed by atoms with Gasteiger partial charge in [0.15, 0.2) is 0 Å². The standard InChI is InChI=1S/C23H28N4O2/c1-6-10-13-20-22-19(14-21(28)26(20)16-18(24-5)12-8-3)25-27(23(22)29)15-17(9-4)11-7-2/h7-9,11-12,14,25H,2-6,10,13,15-16H2,1H3/b17-11+,18-12-. The minimum absolute atomic E-state index is 0.169. The molecule has 152 valence electrons. The zero-order valence-electron chi connectivity index (χ0n) is 17.0. The molecule has 0 radical (unpaired) electrons. The molecule has 0 saturated heterocycles. The van der Waals surface area contributed by atoms with E-state index >= 15 is 0 Å². The fraction of sp³-hybridized carbons (Fsp3) is 0.261. The van der Waals surface area contributed by atoms with Crippen LogP contribution in [-0.4, -0.2) is 21.1 Å². The maximum atomic E-state index is 13.2. The monoisotopic (exact) mass is 392 g/mol. The number of hydrogen-bond acceptors (Lipinski definition) is 3. The Kier molecular flexibility index (Phi) is 7.71. The molecular formula is C23H28N4O2. The number of nitrogens with one attached hydrogen (secondary N) is 1. The summed E-state index contributed by atoms with van der Waals surface area (Å²) in [5.41, 5.74) is 2.33. The summed E-state index contributed by atoms with van der Waals surface area (Å²) in [4.78, 5) is 30.0. The molecule has 0 atom stereocenters. The van der Waals surface area contributed by atoms with Crippen LogP contribution in [0.25, 0.3) is 10.9 Å². The van der Waals surface area contributed by atoms with E-state index in [1.54, 1.807) is 34.9 Å². The first-order valence-corrected chi connectivity index (χ1v) is 9.58. The third-order valence-corrected chi connectivity index (χ3v) is 4.67. The second-order valence-electron chi connectivity index (χ2n) is 6.64. The number of allylic oxidation sites excluding steroid dienone is 7. The van der Waals surface area contributed by atoms with Gasteiger partial charge in [-0.3, -0.25) is 19.7 Å². The van der Waals surface area contributed by atoms with Gasteiger partial charge in [0.1, 0.15) is 0 Å². The van der Waals surface area contributed by atoms with Crippen LogP contribution in [0.1, 0.15) is 25.5 Å². The largest absolute Gasteiger partial charge is 0.306 e. The first kappa shape index (κ1) is 21.9. The first-order chi connectivity index (χ1) is 14.0. The van der Waals surface area contributed by atoms with Crippen molar-refractivity contribution in [2.45, 2.75) is 39.3 Å². The van der Waals surface area contributed by atoms with Crippen molar-refractivity contribution < 1.29 is 0 Å². The van der Waals surface area contributed by atoms with E-state index in [0.717, 1.165) is 18.4 Å². The van der Waals surface area contributed by atoms with Crippen molar-refractivity contribution in [2.75, 3.05) is 0 Å². The molecule has 2 heterocycles. The SMILES string of the molecule is C=C/C=C(/Cn1c(CCCC)c2c(=O)n(C/C(C=C)=C/C=C)[nH]c2cc1=O)N=C. The van der Waals surface area contributed by atoms with Crippen LogP contribution in [0.3, 0.4) is 0 Å². The van der Waals surface area contributed by atoms with Crippen LogP contribution in [0.2, 0.25) is 0 Å². The van der Waals surface area contributed by atoms with Crippen molar-refractivity contribution >= 4 is 17.6 Å². The Bertz CT molecular complexity index is 1110. The van der Waals surface area contributed by atoms with Crippen LogP contribution in [0.5, 0.6) is 0 Å². The number of pyridine rings is 1. The maximum absolute atomic E-state index is 13.2. The third-order valence-electron chi connectivity index (χ3n) is 4.67. The van der Waals surface area contributed by atoms with E-state index in [2.05, 4.69) is 43.5 Å². The highest BCUT2D eigenvalue weighted by Gasteiger charge is 2.17. The molecular weight excluding hydrogens is 364 g/mol. The van der Waals surface area contributed by atoms with Crippen LogP contribution >= 0.6 is 0 Å². The van der Waals surface area contributed by atoms with Gasteiger partial charge in [0, 0.05) is 11.8 Å². The Morgan fingerprint density at radius 3 is 2.48 bits per heavy atom. The molecule has 0 aromatic carbocycles. The molecule has 0 aliphatic rings. The van der Waals surface area contributed by atoms with Gasteiger partial charge in [0.25, 0.3) is 11.1 Å². The second-order valence-corrected chi connectivity index (χ2v) is 6.64. The molecule has 0 bridgehead atoms. The molecule has 0 fully saturated rings. The lowest BCUT2D eigenvalue weighted by atomic mass is 10.1. The Labute approximate surface area is 170 Å². The molecule has 0 spiro atoms. The Hall–Kier alpha value is -3.41. The molecule has 29 heavy (non-hydrogen) atoms. The molecule has 6 nitrogen and oxygen atoms in total. The number of unbranched alkanes of at least 4 members (excludes halogenated alkanes) is 1. The predicted octanol–water partition coefficient (Wildman–Crippen LogP) is 3.90. The van der Waals surface area contributed by atoms with Crippen molar-refractivity contribution in [3.63, 3.8) is 0 Å². The van der Waals surface area contributed by atoms with E-state index in [1.807, 2.05) is 0 Å². The van der Waals surface area contributed by atoms with Crippen LogP contribution in [-0.2, 0) is 19.5 Å². The maximum Gasteiger partial charge on any atom is 0.276 e. The Morgan fingerprint density at radius 1 is 1.17 bits per heavy atom. The van der Waals surface area contributed by atoms with Crippen LogP contribution in [0.4, 0.5) is 0 Å². The summed E-state index contributed by atoms with van der Waals surface area (Å²) in [7, 11) is 0. The molecule has 0 aliphatic heterocycles. The van der Waals surface area contributed by atoms with Gasteiger partial charge in [-0.25, -0.2) is 4.68 Å². The van der Waals surface area contributed by atoms with E-state index in [1.165, 1.54) is 10.7 Å². The van der Waals surface area contributed by atoms with Gasteiger partial charge < -0.3 is 4.57 Å². The van der Waals surface area contributed by atoms with Crippen molar-refractivity contribution in [1.29, 1.82) is 0 Å². The van der Waals surface area contributed by atoms with Gasteiger partial charge >= 0.3 is 0 Å². The highest BCUT2D eigenvalue weighted by atomic mass is 16.1. The lowest BCUT2D eigenvalue weighted by Crippen LogP contribution is -2.26. The molecule has 2 aromatic rings. The highest BCUT2D eigenvalue weighted by Crippen LogP contribution is 2.17. The highest BCUT2D eigenvalue weighted by molar-refractivity contribution is 5.80. The summed E-state index contributed by atoms with van der Waals surface area (Å²) in [6, 6.07) is 1.46. The molecule has 0 unspecified atom stereocenters. The topological polar surface area (TPSA) is 72.2 Å². The average molecular weight is 393 g/mol. The van der Waals surface area contributed by atoms with Crippen LogP contribution in [0.15, 0.2) is 82.0 Å². The average Bonchev–Trinajstić information content (AvgIpc) is 3.01.